The van der Waals surface area contributed by atoms with Crippen LogP contribution < -0.4 is 5.32 Å². The summed E-state index contributed by atoms with van der Waals surface area (Å²) in [5.74, 6) is -0.706. The molecule has 0 saturated carbocycles. The van der Waals surface area contributed by atoms with Crippen molar-refractivity contribution in [2.75, 3.05) is 18.5 Å². The number of hydrogen-bond donors (Lipinski definition) is 3. The normalized spacial score (nSPS) is 33.3. The first-order valence-corrected chi connectivity index (χ1v) is 13.9. The van der Waals surface area contributed by atoms with Crippen molar-refractivity contribution in [2.45, 2.75) is 62.6 Å². The van der Waals surface area contributed by atoms with Crippen LogP contribution in [0.25, 0.3) is 0 Å². The fourth-order valence-electron chi connectivity index (χ4n) is 5.71. The molecule has 5 atom stereocenters. The average molecular weight is 453 g/mol. The van der Waals surface area contributed by atoms with Crippen LogP contribution >= 0.6 is 11.6 Å². The summed E-state index contributed by atoms with van der Waals surface area (Å²) in [7, 11) is -2.80. The van der Waals surface area contributed by atoms with Crippen LogP contribution in [0.3, 0.4) is 0 Å². The highest BCUT2D eigenvalue weighted by Crippen LogP contribution is 2.58. The molecule has 1 aromatic rings. The minimum Gasteiger partial charge on any atom is -0.432 e. The van der Waals surface area contributed by atoms with Crippen LogP contribution in [0, 0.1) is 5.92 Å². The first-order chi connectivity index (χ1) is 14.1. The Hall–Kier alpha value is -1.45. The van der Waals surface area contributed by atoms with E-state index in [1.807, 2.05) is 20.0 Å². The highest BCUT2D eigenvalue weighted by atomic mass is 35.5. The monoisotopic (exact) mass is 452 g/mol. The molecule has 30 heavy (non-hydrogen) atoms. The molecule has 0 unspecified atom stereocenters. The first-order valence-electron chi connectivity index (χ1n) is 10.5. The zero-order valence-electron chi connectivity index (χ0n) is 17.5. The molecule has 2 amide bonds. The van der Waals surface area contributed by atoms with Crippen molar-refractivity contribution in [2.24, 2.45) is 5.92 Å². The second-order valence-electron chi connectivity index (χ2n) is 9.27. The summed E-state index contributed by atoms with van der Waals surface area (Å²) in [5.41, 5.74) is -0.267. The van der Waals surface area contributed by atoms with Gasteiger partial charge in [0.25, 0.3) is 5.91 Å². The van der Waals surface area contributed by atoms with Gasteiger partial charge in [-0.1, -0.05) is 18.5 Å². The summed E-state index contributed by atoms with van der Waals surface area (Å²) in [6, 6.07) is 5.04. The number of carbonyl (C=O) groups excluding carboxylic acids is 2. The maximum absolute atomic E-state index is 13.2. The van der Waals surface area contributed by atoms with Gasteiger partial charge in [-0.3, -0.25) is 9.59 Å². The number of fused-ring (bicyclic) bond motifs is 2. The molecule has 4 rings (SSSR count). The molecule has 0 aliphatic carbocycles. The summed E-state index contributed by atoms with van der Waals surface area (Å²) in [6.45, 7) is 6.12. The Morgan fingerprint density at radius 3 is 2.83 bits per heavy atom. The minimum absolute atomic E-state index is 0.0600. The lowest BCUT2D eigenvalue weighted by atomic mass is 9.82. The lowest BCUT2D eigenvalue weighted by Gasteiger charge is -2.32. The van der Waals surface area contributed by atoms with Crippen LogP contribution in [0.15, 0.2) is 18.2 Å². The SMILES string of the molecule is C[C@H]1[C@H]([Si](C)(C)O)[C@@H](CC(=O)N2CCC[C@H]2CO)O[C@]12C(=O)Nc1ccc(Cl)cc12. The Labute approximate surface area is 182 Å². The van der Waals surface area contributed by atoms with Crippen molar-refractivity contribution < 1.29 is 24.2 Å². The third kappa shape index (κ3) is 3.29. The zero-order valence-corrected chi connectivity index (χ0v) is 19.3. The number of nitrogens with zero attached hydrogens (tertiary/aromatic N) is 1. The molecule has 7 nitrogen and oxygen atoms in total. The van der Waals surface area contributed by atoms with Gasteiger partial charge in [0.15, 0.2) is 13.9 Å². The molecule has 2 fully saturated rings. The van der Waals surface area contributed by atoms with Gasteiger partial charge in [-0.2, -0.15) is 0 Å². The standard InChI is InChI=1S/C21H29ClN2O5Si/c1-12-19(30(2,3)28)17(10-18(26)24-8-4-5-14(24)11-25)29-21(12)15-9-13(22)6-7-16(15)23-20(21)27/h6-7,9,12,14,17,19,25,28H,4-5,8,10-11H2,1-3H3,(H,23,27)/t12-,14-,17+,19-,21+/m0/s1. The minimum atomic E-state index is -2.80. The molecule has 3 N–H and O–H groups in total. The number of nitrogens with one attached hydrogen (secondary N) is 1. The molecule has 0 aromatic heterocycles. The van der Waals surface area contributed by atoms with E-state index in [-0.39, 0.29) is 42.3 Å². The second-order valence-corrected chi connectivity index (χ2v) is 13.7. The van der Waals surface area contributed by atoms with E-state index in [4.69, 9.17) is 16.3 Å². The van der Waals surface area contributed by atoms with Crippen LogP contribution in [-0.4, -0.2) is 60.2 Å². The topological polar surface area (TPSA) is 99.1 Å². The third-order valence-electron chi connectivity index (χ3n) is 6.98. The molecule has 2 saturated heterocycles. The number of hydrogen-bond acceptors (Lipinski definition) is 5. The summed E-state index contributed by atoms with van der Waals surface area (Å²) in [5, 5.41) is 13.0. The number of carbonyl (C=O) groups is 2. The molecule has 9 heteroatoms. The Kier molecular flexibility index (Phi) is 5.51. The van der Waals surface area contributed by atoms with Gasteiger partial charge in [0.2, 0.25) is 5.91 Å². The van der Waals surface area contributed by atoms with E-state index in [0.717, 1.165) is 12.8 Å². The van der Waals surface area contributed by atoms with E-state index in [0.29, 0.717) is 22.8 Å². The van der Waals surface area contributed by atoms with E-state index in [2.05, 4.69) is 5.32 Å². The largest absolute Gasteiger partial charge is 0.432 e. The Morgan fingerprint density at radius 1 is 1.43 bits per heavy atom. The van der Waals surface area contributed by atoms with Crippen LogP contribution in [0.4, 0.5) is 5.69 Å². The summed E-state index contributed by atoms with van der Waals surface area (Å²) in [4.78, 5) is 39.1. The molecule has 0 radical (unpaired) electrons. The number of rotatable bonds is 4. The average Bonchev–Trinajstić information content (AvgIpc) is 3.32. The molecule has 1 aromatic carbocycles. The maximum Gasteiger partial charge on any atom is 0.261 e. The number of ether oxygens (including phenoxy) is 1. The smallest absolute Gasteiger partial charge is 0.261 e. The van der Waals surface area contributed by atoms with Crippen molar-refractivity contribution in [3.63, 3.8) is 0 Å². The number of anilines is 1. The van der Waals surface area contributed by atoms with Crippen molar-refractivity contribution in [3.8, 4) is 0 Å². The highest BCUT2D eigenvalue weighted by Gasteiger charge is 2.65. The zero-order chi connectivity index (χ0) is 21.8. The van der Waals surface area contributed by atoms with E-state index in [9.17, 15) is 19.5 Å². The van der Waals surface area contributed by atoms with E-state index in [1.165, 1.54) is 0 Å². The van der Waals surface area contributed by atoms with E-state index in [1.54, 1.807) is 23.1 Å². The molecular weight excluding hydrogens is 424 g/mol. The fraction of sp³-hybridized carbons (Fsp3) is 0.619. The molecular formula is C21H29ClN2O5Si. The predicted octanol–water partition coefficient (Wildman–Crippen LogP) is 2.46. The van der Waals surface area contributed by atoms with E-state index >= 15 is 0 Å². The molecule has 164 valence electrons. The van der Waals surface area contributed by atoms with Crippen LogP contribution in [-0.2, 0) is 19.9 Å². The number of likely N-dealkylation sites (tertiary alicyclic amines) is 1. The predicted molar refractivity (Wildman–Crippen MR) is 116 cm³/mol. The number of aliphatic hydroxyl groups excluding tert-OH is 1. The molecule has 1 spiro atoms. The van der Waals surface area contributed by atoms with Gasteiger partial charge in [0.1, 0.15) is 0 Å². The van der Waals surface area contributed by atoms with Gasteiger partial charge >= 0.3 is 0 Å². The molecule has 3 aliphatic heterocycles. The van der Waals surface area contributed by atoms with Gasteiger partial charge in [0, 0.05) is 34.3 Å². The Balaban J connectivity index is 1.69. The van der Waals surface area contributed by atoms with E-state index < -0.39 is 20.0 Å². The lowest BCUT2D eigenvalue weighted by Crippen LogP contribution is -2.44. The lowest BCUT2D eigenvalue weighted by molar-refractivity contribution is -0.148. The number of halogens is 1. The van der Waals surface area contributed by atoms with Crippen molar-refractivity contribution in [1.29, 1.82) is 0 Å². The van der Waals surface area contributed by atoms with Gasteiger partial charge in [-0.05, 0) is 44.1 Å². The Morgan fingerprint density at radius 2 is 2.17 bits per heavy atom. The van der Waals surface area contributed by atoms with Gasteiger partial charge in [-0.25, -0.2) is 0 Å². The summed E-state index contributed by atoms with van der Waals surface area (Å²) in [6.07, 6.45) is 1.13. The van der Waals surface area contributed by atoms with Crippen molar-refractivity contribution in [3.05, 3.63) is 28.8 Å². The van der Waals surface area contributed by atoms with Gasteiger partial charge in [0.05, 0.1) is 25.2 Å². The third-order valence-corrected chi connectivity index (χ3v) is 9.72. The molecule has 0 bridgehead atoms. The molecule has 3 aliphatic rings. The highest BCUT2D eigenvalue weighted by molar-refractivity contribution is 6.71. The first kappa shape index (κ1) is 21.8. The van der Waals surface area contributed by atoms with Crippen LogP contribution in [0.1, 0.15) is 31.7 Å². The summed E-state index contributed by atoms with van der Waals surface area (Å²) < 4.78 is 6.45. The van der Waals surface area contributed by atoms with Crippen LogP contribution in [0.5, 0.6) is 0 Å². The number of amides is 2. The maximum atomic E-state index is 13.2. The van der Waals surface area contributed by atoms with Crippen molar-refractivity contribution in [1.82, 2.24) is 4.90 Å². The van der Waals surface area contributed by atoms with Gasteiger partial charge in [-0.15, -0.1) is 0 Å². The summed E-state index contributed by atoms with van der Waals surface area (Å²) >= 11 is 6.23. The van der Waals surface area contributed by atoms with Gasteiger partial charge < -0.3 is 24.9 Å². The number of aliphatic hydroxyl groups is 1. The molecule has 3 heterocycles. The Bertz CT molecular complexity index is 875. The second kappa shape index (κ2) is 7.60. The quantitative estimate of drug-likeness (QED) is 0.609. The number of benzene rings is 1. The van der Waals surface area contributed by atoms with Crippen LogP contribution in [0.2, 0.25) is 23.7 Å². The fourth-order valence-corrected chi connectivity index (χ4v) is 8.44. The van der Waals surface area contributed by atoms with Crippen molar-refractivity contribution >= 4 is 37.4 Å².